The number of carbonyl (C=O) groups is 1. The van der Waals surface area contributed by atoms with Crippen molar-refractivity contribution in [3.05, 3.63) is 40.5 Å². The first-order chi connectivity index (χ1) is 9.13. The Morgan fingerprint density at radius 1 is 1.42 bits per heavy atom. The maximum atomic E-state index is 12.0. The number of rotatable bonds is 2. The maximum Gasteiger partial charge on any atom is 0.275 e. The number of hydrogen-bond acceptors (Lipinski definition) is 4. The molecule has 0 aliphatic heterocycles. The lowest BCUT2D eigenvalue weighted by Gasteiger charge is -2.04. The van der Waals surface area contributed by atoms with Crippen LogP contribution in [0, 0.1) is 6.92 Å². The molecule has 0 unspecified atom stereocenters. The number of nitrogens with zero attached hydrogens (tertiary/aromatic N) is 3. The van der Waals surface area contributed by atoms with Crippen molar-refractivity contribution in [1.82, 2.24) is 14.8 Å². The van der Waals surface area contributed by atoms with Crippen molar-refractivity contribution >= 4 is 33.8 Å². The molecule has 6 heteroatoms. The normalized spacial score (nSPS) is 10.8. The number of hydrogen-bond donors (Lipinski definition) is 1. The minimum Gasteiger partial charge on any atom is -0.321 e. The van der Waals surface area contributed by atoms with E-state index < -0.39 is 0 Å². The Morgan fingerprint density at radius 3 is 3.00 bits per heavy atom. The van der Waals surface area contributed by atoms with Gasteiger partial charge in [0.2, 0.25) is 0 Å². The van der Waals surface area contributed by atoms with Gasteiger partial charge in [0.05, 0.1) is 16.7 Å². The summed E-state index contributed by atoms with van der Waals surface area (Å²) in [6, 6.07) is 5.70. The molecule has 2 aromatic heterocycles. The molecule has 0 saturated carbocycles. The SMILES string of the molecule is Cc1nc(C(=O)Nc2ccc3cnn(C)c3c2)cs1. The number of anilines is 1. The van der Waals surface area contributed by atoms with Gasteiger partial charge in [0, 0.05) is 23.5 Å². The smallest absolute Gasteiger partial charge is 0.275 e. The molecule has 96 valence electrons. The summed E-state index contributed by atoms with van der Waals surface area (Å²) in [7, 11) is 1.87. The van der Waals surface area contributed by atoms with Gasteiger partial charge in [-0.1, -0.05) is 0 Å². The zero-order valence-corrected chi connectivity index (χ0v) is 11.4. The van der Waals surface area contributed by atoms with E-state index in [9.17, 15) is 4.79 Å². The third-order valence-electron chi connectivity index (χ3n) is 2.86. The average molecular weight is 272 g/mol. The number of benzene rings is 1. The van der Waals surface area contributed by atoms with Gasteiger partial charge in [-0.05, 0) is 25.1 Å². The second-order valence-electron chi connectivity index (χ2n) is 4.25. The Morgan fingerprint density at radius 2 is 2.26 bits per heavy atom. The molecule has 3 aromatic rings. The lowest BCUT2D eigenvalue weighted by Crippen LogP contribution is -2.12. The van der Waals surface area contributed by atoms with E-state index in [-0.39, 0.29) is 5.91 Å². The van der Waals surface area contributed by atoms with E-state index in [4.69, 9.17) is 0 Å². The van der Waals surface area contributed by atoms with Crippen LogP contribution in [0.4, 0.5) is 5.69 Å². The van der Waals surface area contributed by atoms with Crippen molar-refractivity contribution < 1.29 is 4.79 Å². The molecular formula is C13H12N4OS. The van der Waals surface area contributed by atoms with Crippen LogP contribution in [0.15, 0.2) is 29.8 Å². The molecule has 0 radical (unpaired) electrons. The third kappa shape index (κ3) is 2.22. The van der Waals surface area contributed by atoms with Crippen LogP contribution in [0.1, 0.15) is 15.5 Å². The Bertz CT molecular complexity index is 759. The first-order valence-electron chi connectivity index (χ1n) is 5.79. The van der Waals surface area contributed by atoms with E-state index in [1.54, 1.807) is 16.3 Å². The predicted molar refractivity (Wildman–Crippen MR) is 75.5 cm³/mol. The zero-order valence-electron chi connectivity index (χ0n) is 10.5. The summed E-state index contributed by atoms with van der Waals surface area (Å²) in [5, 5.41) is 10.7. The first kappa shape index (κ1) is 11.9. The van der Waals surface area contributed by atoms with E-state index in [2.05, 4.69) is 15.4 Å². The number of thiazole rings is 1. The van der Waals surface area contributed by atoms with Crippen LogP contribution in [0.25, 0.3) is 10.9 Å². The van der Waals surface area contributed by atoms with Gasteiger partial charge in [-0.3, -0.25) is 9.48 Å². The second-order valence-corrected chi connectivity index (χ2v) is 5.31. The number of fused-ring (bicyclic) bond motifs is 1. The van der Waals surface area contributed by atoms with Crippen molar-refractivity contribution in [2.45, 2.75) is 6.92 Å². The van der Waals surface area contributed by atoms with Gasteiger partial charge >= 0.3 is 0 Å². The van der Waals surface area contributed by atoms with Gasteiger partial charge < -0.3 is 5.32 Å². The number of aromatic nitrogens is 3. The fourth-order valence-corrected chi connectivity index (χ4v) is 2.48. The molecule has 1 amide bonds. The molecule has 2 heterocycles. The van der Waals surface area contributed by atoms with Crippen LogP contribution in [-0.4, -0.2) is 20.7 Å². The number of aryl methyl sites for hydroxylation is 2. The summed E-state index contributed by atoms with van der Waals surface area (Å²) in [6.07, 6.45) is 1.80. The third-order valence-corrected chi connectivity index (χ3v) is 3.63. The van der Waals surface area contributed by atoms with E-state index in [1.807, 2.05) is 32.2 Å². The quantitative estimate of drug-likeness (QED) is 0.780. The van der Waals surface area contributed by atoms with Crippen molar-refractivity contribution in [2.75, 3.05) is 5.32 Å². The summed E-state index contributed by atoms with van der Waals surface area (Å²) < 4.78 is 1.78. The fraction of sp³-hybridized carbons (Fsp3) is 0.154. The average Bonchev–Trinajstić information content (AvgIpc) is 2.97. The summed E-state index contributed by atoms with van der Waals surface area (Å²) in [5.74, 6) is -0.189. The Hall–Kier alpha value is -2.21. The molecule has 0 aliphatic carbocycles. The van der Waals surface area contributed by atoms with Gasteiger partial charge in [0.25, 0.3) is 5.91 Å². The highest BCUT2D eigenvalue weighted by Gasteiger charge is 2.10. The molecule has 0 fully saturated rings. The summed E-state index contributed by atoms with van der Waals surface area (Å²) >= 11 is 1.46. The van der Waals surface area contributed by atoms with Crippen molar-refractivity contribution in [3.8, 4) is 0 Å². The monoisotopic (exact) mass is 272 g/mol. The molecule has 3 rings (SSSR count). The van der Waals surface area contributed by atoms with Crippen LogP contribution in [-0.2, 0) is 7.05 Å². The molecule has 0 spiro atoms. The highest BCUT2D eigenvalue weighted by molar-refractivity contribution is 7.09. The van der Waals surface area contributed by atoms with Gasteiger partial charge in [0.15, 0.2) is 0 Å². The standard InChI is InChI=1S/C13H12N4OS/c1-8-15-11(7-19-8)13(18)16-10-4-3-9-6-14-17(2)12(9)5-10/h3-7H,1-2H3,(H,16,18). The van der Waals surface area contributed by atoms with Crippen LogP contribution < -0.4 is 5.32 Å². The number of amides is 1. The maximum absolute atomic E-state index is 12.0. The molecule has 0 bridgehead atoms. The largest absolute Gasteiger partial charge is 0.321 e. The predicted octanol–water partition coefficient (Wildman–Crippen LogP) is 2.59. The van der Waals surface area contributed by atoms with E-state index in [0.29, 0.717) is 5.69 Å². The van der Waals surface area contributed by atoms with Gasteiger partial charge in [-0.25, -0.2) is 4.98 Å². The fourth-order valence-electron chi connectivity index (χ4n) is 1.88. The molecular weight excluding hydrogens is 260 g/mol. The summed E-state index contributed by atoms with van der Waals surface area (Å²) in [5.41, 5.74) is 2.17. The molecule has 0 atom stereocenters. The number of carbonyl (C=O) groups excluding carboxylic acids is 1. The molecule has 1 aromatic carbocycles. The molecule has 5 nitrogen and oxygen atoms in total. The van der Waals surface area contributed by atoms with E-state index in [1.165, 1.54) is 11.3 Å². The minimum atomic E-state index is -0.189. The van der Waals surface area contributed by atoms with Crippen molar-refractivity contribution in [2.24, 2.45) is 7.05 Å². The topological polar surface area (TPSA) is 59.8 Å². The lowest BCUT2D eigenvalue weighted by molar-refractivity contribution is 0.102. The lowest BCUT2D eigenvalue weighted by atomic mass is 10.2. The first-order valence-corrected chi connectivity index (χ1v) is 6.67. The summed E-state index contributed by atoms with van der Waals surface area (Å²) in [4.78, 5) is 16.2. The van der Waals surface area contributed by atoms with Crippen LogP contribution in [0.5, 0.6) is 0 Å². The molecule has 1 N–H and O–H groups in total. The number of nitrogens with one attached hydrogen (secondary N) is 1. The van der Waals surface area contributed by atoms with Crippen molar-refractivity contribution in [3.63, 3.8) is 0 Å². The van der Waals surface area contributed by atoms with E-state index >= 15 is 0 Å². The van der Waals surface area contributed by atoms with E-state index in [0.717, 1.165) is 21.6 Å². The zero-order chi connectivity index (χ0) is 13.4. The highest BCUT2D eigenvalue weighted by atomic mass is 32.1. The molecule has 0 saturated heterocycles. The Balaban J connectivity index is 1.88. The molecule has 0 aliphatic rings. The Kier molecular flexibility index (Phi) is 2.79. The Labute approximate surface area is 113 Å². The molecule has 19 heavy (non-hydrogen) atoms. The van der Waals surface area contributed by atoms with Crippen LogP contribution in [0.2, 0.25) is 0 Å². The van der Waals surface area contributed by atoms with Gasteiger partial charge in [-0.2, -0.15) is 5.10 Å². The van der Waals surface area contributed by atoms with Crippen LogP contribution in [0.3, 0.4) is 0 Å². The minimum absolute atomic E-state index is 0.189. The van der Waals surface area contributed by atoms with Gasteiger partial charge in [-0.15, -0.1) is 11.3 Å². The van der Waals surface area contributed by atoms with Crippen LogP contribution >= 0.6 is 11.3 Å². The highest BCUT2D eigenvalue weighted by Crippen LogP contribution is 2.19. The van der Waals surface area contributed by atoms with Crippen molar-refractivity contribution in [1.29, 1.82) is 0 Å². The van der Waals surface area contributed by atoms with Gasteiger partial charge in [0.1, 0.15) is 5.69 Å². The second kappa shape index (κ2) is 4.47. The summed E-state index contributed by atoms with van der Waals surface area (Å²) in [6.45, 7) is 1.88.